The normalized spacial score (nSPS) is 13.6. The summed E-state index contributed by atoms with van der Waals surface area (Å²) >= 11 is 7.72. The number of urea groups is 2. The van der Waals surface area contributed by atoms with Crippen LogP contribution in [-0.4, -0.2) is 140 Å². The molecule has 40 heteroatoms. The second-order valence-electron chi connectivity index (χ2n) is 22.6. The maximum atomic E-state index is 13.2. The lowest BCUT2D eigenvalue weighted by atomic mass is 10.1. The molecule has 0 atom stereocenters. The van der Waals surface area contributed by atoms with Crippen molar-refractivity contribution < 1.29 is 101 Å². The zero-order valence-corrected chi connectivity index (χ0v) is 54.6. The second-order valence-corrected chi connectivity index (χ2v) is 24.0. The lowest BCUT2D eigenvalue weighted by molar-refractivity contribution is -0.144. The summed E-state index contributed by atoms with van der Waals surface area (Å²) < 4.78 is 201. The first-order chi connectivity index (χ1) is 45.7. The average Bonchev–Trinajstić information content (AvgIpc) is 1.16. The summed E-state index contributed by atoms with van der Waals surface area (Å²) in [5.74, 6) is 1.15. The van der Waals surface area contributed by atoms with E-state index in [4.69, 9.17) is 36.0 Å². The average molecular weight is 1470 g/mol. The van der Waals surface area contributed by atoms with Crippen LogP contribution in [0, 0.1) is 5.95 Å². The van der Waals surface area contributed by atoms with E-state index in [1.54, 1.807) is 81.7 Å². The lowest BCUT2D eigenvalue weighted by Crippen LogP contribution is -2.50. The van der Waals surface area contributed by atoms with E-state index in [0.717, 1.165) is 23.5 Å². The lowest BCUT2D eigenvalue weighted by Gasteiger charge is -2.34. The molecule has 6 N–H and O–H groups in total. The Hall–Kier alpha value is -9.21. The number of hydrogen-bond donors (Lipinski definition) is 6. The van der Waals surface area contributed by atoms with Crippen LogP contribution in [0.3, 0.4) is 0 Å². The fourth-order valence-corrected chi connectivity index (χ4v) is 9.60. The molecule has 7 aromatic rings. The summed E-state index contributed by atoms with van der Waals surface area (Å²) in [5, 5.41) is 26.9. The number of aromatic nitrogens is 7. The van der Waals surface area contributed by atoms with Crippen molar-refractivity contribution in [1.29, 1.82) is 0 Å². The predicted molar refractivity (Wildman–Crippen MR) is 339 cm³/mol. The van der Waals surface area contributed by atoms with Crippen molar-refractivity contribution in [3.63, 3.8) is 0 Å². The van der Waals surface area contributed by atoms with Crippen LogP contribution in [0.1, 0.15) is 87.9 Å². The Morgan fingerprint density at radius 1 is 0.495 bits per heavy atom. The zero-order valence-electron chi connectivity index (χ0n) is 52.2. The summed E-state index contributed by atoms with van der Waals surface area (Å²) in [6, 6.07) is 9.45. The van der Waals surface area contributed by atoms with Crippen molar-refractivity contribution in [2.24, 2.45) is 0 Å². The van der Waals surface area contributed by atoms with Crippen LogP contribution in [0.2, 0.25) is 5.15 Å². The van der Waals surface area contributed by atoms with Gasteiger partial charge in [0.15, 0.2) is 11.0 Å². The second kappa shape index (κ2) is 34.5. The highest BCUT2D eigenvalue weighted by Gasteiger charge is 2.39. The molecule has 540 valence electrons. The quantitative estimate of drug-likeness (QED) is 0.0518. The summed E-state index contributed by atoms with van der Waals surface area (Å²) in [5.41, 5.74) is -6.62. The number of hydrogen-bond acceptors (Lipinski definition) is 20. The molecule has 5 aromatic heterocycles. The van der Waals surface area contributed by atoms with Gasteiger partial charge in [-0.1, -0.05) is 19.0 Å². The van der Waals surface area contributed by atoms with Gasteiger partial charge in [0.25, 0.3) is 5.88 Å². The van der Waals surface area contributed by atoms with Gasteiger partial charge in [-0.25, -0.2) is 34.1 Å². The molecular weight excluding hydrogens is 1410 g/mol. The molecule has 2 aromatic carbocycles. The smallest absolute Gasteiger partial charge is 0.416 e. The van der Waals surface area contributed by atoms with Crippen LogP contribution < -0.4 is 35.8 Å². The molecule has 7 heterocycles. The molecule has 0 spiro atoms. The van der Waals surface area contributed by atoms with Crippen LogP contribution in [0.15, 0.2) is 91.4 Å². The Kier molecular flexibility index (Phi) is 28.1. The predicted octanol–water partition coefficient (Wildman–Crippen LogP) is 14.1. The SMILES string of the molecule is C.CC(C)(C)OC(=O)Nc1cc(CO)ccn1.CC(C)(C)OC(=O)Nc1cc(COc2nsnc2N2CCN(C(=O)Nc3cc(C(F)(F)F)cc(C(F)(F)F)c3)CC2)ccn1.O=C(Nc1cc(C(F)(F)F)cc(C(F)(F)F)c1)N1CCN(c2nsnc2Cl)CC1.OCc1ccnc(F)c1. The number of ether oxygens (including phenoxy) is 3. The number of benzene rings is 2. The maximum absolute atomic E-state index is 13.2. The number of pyridine rings is 3. The minimum Gasteiger partial charge on any atom is -0.470 e. The van der Waals surface area contributed by atoms with Gasteiger partial charge in [-0.15, -0.1) is 4.37 Å². The Labute approximate surface area is 570 Å². The van der Waals surface area contributed by atoms with Crippen LogP contribution in [0.25, 0.3) is 0 Å². The molecule has 2 aliphatic rings. The molecule has 24 nitrogen and oxygen atoms in total. The summed E-state index contributed by atoms with van der Waals surface area (Å²) in [6.07, 6.45) is -17.0. The van der Waals surface area contributed by atoms with Crippen molar-refractivity contribution in [3.8, 4) is 5.88 Å². The van der Waals surface area contributed by atoms with Crippen LogP contribution in [0.4, 0.5) is 111 Å². The number of nitrogens with one attached hydrogen (secondary N) is 4. The van der Waals surface area contributed by atoms with Gasteiger partial charge in [-0.2, -0.15) is 70.2 Å². The van der Waals surface area contributed by atoms with E-state index < -0.39 is 99.7 Å². The fourth-order valence-electron chi connectivity index (χ4n) is 8.31. The molecule has 0 aliphatic carbocycles. The molecule has 9 rings (SSSR count). The first-order valence-electron chi connectivity index (χ1n) is 28.5. The van der Waals surface area contributed by atoms with E-state index in [0.29, 0.717) is 71.5 Å². The molecule has 0 bridgehead atoms. The van der Waals surface area contributed by atoms with Crippen molar-refractivity contribution in [2.45, 2.75) is 105 Å². The van der Waals surface area contributed by atoms with Gasteiger partial charge in [-0.3, -0.25) is 10.6 Å². The highest BCUT2D eigenvalue weighted by molar-refractivity contribution is 7.00. The Balaban J connectivity index is 0.000000273. The molecule has 6 amide bonds. The molecule has 2 aliphatic heterocycles. The van der Waals surface area contributed by atoms with Gasteiger partial charge in [-0.05, 0) is 131 Å². The number of aliphatic hydroxyl groups is 2. The summed E-state index contributed by atoms with van der Waals surface area (Å²) in [6.45, 7) is 12.0. The Morgan fingerprint density at radius 3 is 1.22 bits per heavy atom. The van der Waals surface area contributed by atoms with Gasteiger partial charge in [0.05, 0.1) is 58.9 Å². The van der Waals surface area contributed by atoms with Crippen LogP contribution in [0.5, 0.6) is 5.88 Å². The van der Waals surface area contributed by atoms with Gasteiger partial charge in [0, 0.05) is 82.3 Å². The van der Waals surface area contributed by atoms with E-state index in [9.17, 15) is 76.3 Å². The number of rotatable bonds is 11. The minimum atomic E-state index is -5.04. The molecule has 2 saturated heterocycles. The maximum Gasteiger partial charge on any atom is 0.416 e. The molecule has 0 saturated carbocycles. The first-order valence-corrected chi connectivity index (χ1v) is 30.4. The highest BCUT2D eigenvalue weighted by Crippen LogP contribution is 2.40. The number of anilines is 6. The third-order valence-corrected chi connectivity index (χ3v) is 14.1. The third kappa shape index (κ3) is 26.2. The van der Waals surface area contributed by atoms with Crippen LogP contribution >= 0.6 is 35.1 Å². The van der Waals surface area contributed by atoms with E-state index in [1.165, 1.54) is 34.5 Å². The summed E-state index contributed by atoms with van der Waals surface area (Å²) in [4.78, 5) is 65.9. The molecule has 2 fully saturated rings. The van der Waals surface area contributed by atoms with Gasteiger partial charge < -0.3 is 54.7 Å². The molecule has 0 radical (unpaired) electrons. The number of amides is 6. The fraction of sp³-hybridized carbons (Fsp3) is 0.407. The Morgan fingerprint density at radius 2 is 0.859 bits per heavy atom. The number of carbonyl (C=O) groups is 4. The molecule has 0 unspecified atom stereocenters. The number of piperazine rings is 2. The van der Waals surface area contributed by atoms with Crippen molar-refractivity contribution in [1.82, 2.24) is 42.2 Å². The largest absolute Gasteiger partial charge is 0.470 e. The third-order valence-electron chi connectivity index (χ3n) is 12.7. The van der Waals surface area contributed by atoms with Crippen molar-refractivity contribution >= 4 is 94.0 Å². The number of aliphatic hydroxyl groups excluding tert-OH is 2. The van der Waals surface area contributed by atoms with Gasteiger partial charge in [0.1, 0.15) is 29.4 Å². The number of halogens is 14. The summed E-state index contributed by atoms with van der Waals surface area (Å²) in [7, 11) is 0. The topological polar surface area (TPSA) is 288 Å². The van der Waals surface area contributed by atoms with E-state index >= 15 is 0 Å². The minimum absolute atomic E-state index is 0. The number of alkyl halides is 12. The van der Waals surface area contributed by atoms with Crippen molar-refractivity contribution in [2.75, 3.05) is 83.4 Å². The first kappa shape index (κ1) is 80.5. The van der Waals surface area contributed by atoms with Crippen LogP contribution in [-0.2, 0) is 54.0 Å². The van der Waals surface area contributed by atoms with Gasteiger partial charge >= 0.3 is 49.0 Å². The number of nitrogens with zero attached hydrogens (tertiary/aromatic N) is 11. The zero-order chi connectivity index (χ0) is 72.6. The standard InChI is InChI=1S/C26H27F6N7O4S.C15H12ClF6N5OS.C11H16N2O3.C6H6FNO.CH4/c1-24(2,3)43-23(41)35-19-10-15(4-5-33-19)14-42-21-20(36-44-37-21)38-6-8-39(9-7-38)22(40)34-18-12-16(25(27,28)29)11-17(13-18)26(30,31)32;16-11-12(25-29-24-11)26-1-3-27(4-2-26)13(28)23-10-6-8(14(17,18)19)5-9(7-10)15(20,21)22;1-11(2,3)16-10(15)13-9-6-8(7-14)4-5-12-9;7-6-3-5(4-9)1-2-8-6;/h4-5,10-13H,6-9,14H2,1-3H3,(H,34,40)(H,33,35,41);5-7H,1-4H2,(H,23,28);4-6,14H,7H2,1-3H3,(H,12,13,15);1-3,9H,4H2;1H4. The van der Waals surface area contributed by atoms with Crippen molar-refractivity contribution in [3.05, 3.63) is 141 Å². The Bertz CT molecular complexity index is 3760. The number of carbonyl (C=O) groups excluding carboxylic acids is 4. The molecule has 99 heavy (non-hydrogen) atoms. The molecular formula is C59H65ClF13N15O9S2. The van der Waals surface area contributed by atoms with E-state index in [1.807, 2.05) is 0 Å². The van der Waals surface area contributed by atoms with Gasteiger partial charge in [0.2, 0.25) is 11.8 Å². The monoisotopic (exact) mass is 1470 g/mol. The van der Waals surface area contributed by atoms with E-state index in [2.05, 4.69) is 53.7 Å². The highest BCUT2D eigenvalue weighted by atomic mass is 35.5. The van der Waals surface area contributed by atoms with E-state index in [-0.39, 0.29) is 95.5 Å².